The highest BCUT2D eigenvalue weighted by Gasteiger charge is 2.60. The molecule has 3 atom stereocenters. The Morgan fingerprint density at radius 3 is 2.65 bits per heavy atom. The summed E-state index contributed by atoms with van der Waals surface area (Å²) in [6.07, 6.45) is 2.75. The molecule has 2 aliphatic rings. The van der Waals surface area contributed by atoms with Crippen LogP contribution in [0.5, 0.6) is 0 Å². The first-order chi connectivity index (χ1) is 12.1. The molecule has 0 spiro atoms. The fourth-order valence-electron chi connectivity index (χ4n) is 4.22. The lowest BCUT2D eigenvalue weighted by Gasteiger charge is -2.61. The summed E-state index contributed by atoms with van der Waals surface area (Å²) in [7, 11) is 3.63. The van der Waals surface area contributed by atoms with Gasteiger partial charge < -0.3 is 15.0 Å². The van der Waals surface area contributed by atoms with Gasteiger partial charge in [-0.15, -0.1) is 0 Å². The average Bonchev–Trinajstić information content (AvgIpc) is 3.04. The Bertz CT molecular complexity index is 683. The molecule has 0 saturated heterocycles. The van der Waals surface area contributed by atoms with Crippen molar-refractivity contribution < 1.29 is 9.53 Å². The Hall–Kier alpha value is -1.63. The summed E-state index contributed by atoms with van der Waals surface area (Å²) in [6.45, 7) is 11.5. The van der Waals surface area contributed by atoms with E-state index in [1.54, 1.807) is 7.11 Å². The SMILES string of the molecule is CO[C@]1(C)C[C@H](N(C)C(=O)N[C@@H]2CCCn3nc(C(C)C)nc32)C1(C)C. The molecule has 1 aromatic heterocycles. The molecule has 146 valence electrons. The van der Waals surface area contributed by atoms with Gasteiger partial charge in [-0.1, -0.05) is 27.7 Å². The number of rotatable bonds is 4. The van der Waals surface area contributed by atoms with E-state index in [4.69, 9.17) is 4.74 Å². The minimum atomic E-state index is -0.191. The molecule has 2 amide bonds. The maximum Gasteiger partial charge on any atom is 0.318 e. The molecule has 1 aliphatic carbocycles. The molecule has 1 fully saturated rings. The van der Waals surface area contributed by atoms with E-state index in [9.17, 15) is 4.79 Å². The first-order valence-electron chi connectivity index (χ1n) is 9.64. The third-order valence-electron chi connectivity index (χ3n) is 6.72. The number of carbonyl (C=O) groups excluding carboxylic acids is 1. The van der Waals surface area contributed by atoms with Crippen LogP contribution in [-0.2, 0) is 11.3 Å². The molecule has 2 heterocycles. The quantitative estimate of drug-likeness (QED) is 0.892. The van der Waals surface area contributed by atoms with E-state index >= 15 is 0 Å². The van der Waals surface area contributed by atoms with Gasteiger partial charge in [0, 0.05) is 38.1 Å². The van der Waals surface area contributed by atoms with Crippen LogP contribution < -0.4 is 5.32 Å². The average molecular weight is 364 g/mol. The van der Waals surface area contributed by atoms with Gasteiger partial charge in [-0.25, -0.2) is 14.5 Å². The van der Waals surface area contributed by atoms with Gasteiger partial charge >= 0.3 is 6.03 Å². The highest BCUT2D eigenvalue weighted by atomic mass is 16.5. The Balaban J connectivity index is 1.70. The number of carbonyl (C=O) groups is 1. The highest BCUT2D eigenvalue weighted by Crippen LogP contribution is 2.53. The van der Waals surface area contributed by atoms with Crippen molar-refractivity contribution in [3.63, 3.8) is 0 Å². The van der Waals surface area contributed by atoms with Gasteiger partial charge in [0.15, 0.2) is 5.82 Å². The number of fused-ring (bicyclic) bond motifs is 1. The van der Waals surface area contributed by atoms with Crippen molar-refractivity contribution in [2.75, 3.05) is 14.2 Å². The summed E-state index contributed by atoms with van der Waals surface area (Å²) in [6, 6.07) is 0.0320. The molecule has 26 heavy (non-hydrogen) atoms. The molecule has 1 aliphatic heterocycles. The van der Waals surface area contributed by atoms with Crippen LogP contribution >= 0.6 is 0 Å². The largest absolute Gasteiger partial charge is 0.378 e. The third-order valence-corrected chi connectivity index (χ3v) is 6.72. The Morgan fingerprint density at radius 1 is 1.38 bits per heavy atom. The predicted molar refractivity (Wildman–Crippen MR) is 100.0 cm³/mol. The van der Waals surface area contributed by atoms with Crippen LogP contribution in [0.2, 0.25) is 0 Å². The maximum atomic E-state index is 12.9. The van der Waals surface area contributed by atoms with Gasteiger partial charge in [-0.3, -0.25) is 0 Å². The fourth-order valence-corrected chi connectivity index (χ4v) is 4.22. The molecule has 1 N–H and O–H groups in total. The molecule has 0 unspecified atom stereocenters. The summed E-state index contributed by atoms with van der Waals surface area (Å²) in [5.41, 5.74) is -0.283. The van der Waals surface area contributed by atoms with Crippen LogP contribution in [0.1, 0.15) is 77.5 Å². The summed E-state index contributed by atoms with van der Waals surface area (Å²) >= 11 is 0. The minimum Gasteiger partial charge on any atom is -0.378 e. The molecule has 0 bridgehead atoms. The Labute approximate surface area is 156 Å². The van der Waals surface area contributed by atoms with Crippen molar-refractivity contribution in [2.45, 2.75) is 84.0 Å². The fraction of sp³-hybridized carbons (Fsp3) is 0.842. The zero-order valence-electron chi connectivity index (χ0n) is 17.2. The lowest BCUT2D eigenvalue weighted by atomic mass is 9.55. The minimum absolute atomic E-state index is 0.0474. The Kier molecular flexibility index (Phi) is 4.80. The number of urea groups is 1. The van der Waals surface area contributed by atoms with E-state index in [2.05, 4.69) is 50.0 Å². The summed E-state index contributed by atoms with van der Waals surface area (Å²) in [5.74, 6) is 2.02. The summed E-state index contributed by atoms with van der Waals surface area (Å²) in [5, 5.41) is 7.77. The topological polar surface area (TPSA) is 72.3 Å². The molecule has 7 heteroatoms. The number of amides is 2. The lowest BCUT2D eigenvalue weighted by molar-refractivity contribution is -0.198. The van der Waals surface area contributed by atoms with Crippen molar-refractivity contribution >= 4 is 6.03 Å². The number of ether oxygens (including phenoxy) is 1. The van der Waals surface area contributed by atoms with Gasteiger partial charge in [0.1, 0.15) is 5.82 Å². The first kappa shape index (κ1) is 19.1. The number of hydrogen-bond acceptors (Lipinski definition) is 4. The zero-order valence-corrected chi connectivity index (χ0v) is 17.2. The van der Waals surface area contributed by atoms with Crippen LogP contribution in [0, 0.1) is 5.41 Å². The zero-order chi connectivity index (χ0) is 19.3. The molecular formula is C19H33N5O2. The number of hydrogen-bond donors (Lipinski definition) is 1. The van der Waals surface area contributed by atoms with Gasteiger partial charge in [0.2, 0.25) is 0 Å². The van der Waals surface area contributed by atoms with E-state index in [1.807, 2.05) is 16.6 Å². The Morgan fingerprint density at radius 2 is 2.08 bits per heavy atom. The van der Waals surface area contributed by atoms with E-state index < -0.39 is 0 Å². The third kappa shape index (κ3) is 2.90. The number of aryl methyl sites for hydroxylation is 1. The second-order valence-corrected chi connectivity index (χ2v) is 8.84. The summed E-state index contributed by atoms with van der Waals surface area (Å²) < 4.78 is 7.65. The molecule has 0 radical (unpaired) electrons. The number of methoxy groups -OCH3 is 1. The van der Waals surface area contributed by atoms with Gasteiger partial charge in [-0.05, 0) is 26.2 Å². The van der Waals surface area contributed by atoms with Crippen LogP contribution in [0.4, 0.5) is 4.79 Å². The van der Waals surface area contributed by atoms with E-state index in [0.29, 0.717) is 0 Å². The standard InChI is InChI=1S/C19H33N5O2/c1-12(2)15-21-16-13(9-8-10-24(16)22-15)20-17(25)23(6)14-11-19(5,26-7)18(14,3)4/h12-14H,8-11H2,1-7H3,(H,20,25)/t13-,14+,19-/m1/s1. The first-order valence-corrected chi connectivity index (χ1v) is 9.64. The van der Waals surface area contributed by atoms with Crippen molar-refractivity contribution in [1.82, 2.24) is 25.0 Å². The molecule has 1 aromatic rings. The summed E-state index contributed by atoms with van der Waals surface area (Å²) in [4.78, 5) is 19.4. The molecule has 1 saturated carbocycles. The number of nitrogens with one attached hydrogen (secondary N) is 1. The van der Waals surface area contributed by atoms with E-state index in [1.165, 1.54) is 0 Å². The highest BCUT2D eigenvalue weighted by molar-refractivity contribution is 5.75. The van der Waals surface area contributed by atoms with Crippen LogP contribution in [0.25, 0.3) is 0 Å². The van der Waals surface area contributed by atoms with Crippen molar-refractivity contribution in [2.24, 2.45) is 5.41 Å². The van der Waals surface area contributed by atoms with E-state index in [0.717, 1.165) is 37.5 Å². The number of aromatic nitrogens is 3. The number of nitrogens with zero attached hydrogens (tertiary/aromatic N) is 4. The monoisotopic (exact) mass is 363 g/mol. The molecular weight excluding hydrogens is 330 g/mol. The molecule has 7 nitrogen and oxygen atoms in total. The maximum absolute atomic E-state index is 12.9. The van der Waals surface area contributed by atoms with Crippen LogP contribution in [0.15, 0.2) is 0 Å². The van der Waals surface area contributed by atoms with Crippen LogP contribution in [-0.4, -0.2) is 51.5 Å². The van der Waals surface area contributed by atoms with Gasteiger partial charge in [0.25, 0.3) is 0 Å². The predicted octanol–water partition coefficient (Wildman–Crippen LogP) is 3.08. The lowest BCUT2D eigenvalue weighted by Crippen LogP contribution is -2.69. The van der Waals surface area contributed by atoms with Crippen LogP contribution in [0.3, 0.4) is 0 Å². The van der Waals surface area contributed by atoms with Gasteiger partial charge in [0.05, 0.1) is 11.6 Å². The molecule has 0 aromatic carbocycles. The molecule has 3 rings (SSSR count). The smallest absolute Gasteiger partial charge is 0.318 e. The second kappa shape index (κ2) is 6.51. The van der Waals surface area contributed by atoms with Gasteiger partial charge in [-0.2, -0.15) is 5.10 Å². The van der Waals surface area contributed by atoms with E-state index in [-0.39, 0.29) is 35.0 Å². The van der Waals surface area contributed by atoms with Crippen molar-refractivity contribution in [3.8, 4) is 0 Å². The second-order valence-electron chi connectivity index (χ2n) is 8.84. The van der Waals surface area contributed by atoms with Crippen molar-refractivity contribution in [3.05, 3.63) is 11.6 Å². The normalized spacial score (nSPS) is 29.8. The van der Waals surface area contributed by atoms with Crippen molar-refractivity contribution in [1.29, 1.82) is 0 Å².